The van der Waals surface area contributed by atoms with E-state index < -0.39 is 0 Å². The van der Waals surface area contributed by atoms with Crippen LogP contribution in [0.4, 0.5) is 0 Å². The van der Waals surface area contributed by atoms with Gasteiger partial charge in [0.1, 0.15) is 24.7 Å². The largest absolute Gasteiger partial charge is 0.490 e. The zero-order valence-electron chi connectivity index (χ0n) is 16.4. The molecule has 1 amide bonds. The minimum atomic E-state index is -0.328. The molecule has 3 aromatic rings. The third-order valence-electron chi connectivity index (χ3n) is 4.25. The molecule has 5 nitrogen and oxygen atoms in total. The zero-order chi connectivity index (χ0) is 20.3. The van der Waals surface area contributed by atoms with Gasteiger partial charge in [-0.3, -0.25) is 4.79 Å². The Hall–Kier alpha value is -3.60. The molecular weight excluding hydrogens is 364 g/mol. The van der Waals surface area contributed by atoms with Crippen LogP contribution < -0.4 is 14.9 Å². The summed E-state index contributed by atoms with van der Waals surface area (Å²) in [5, 5.41) is 4.05. The highest BCUT2D eigenvalue weighted by Gasteiger charge is 2.11. The van der Waals surface area contributed by atoms with Gasteiger partial charge < -0.3 is 9.47 Å². The van der Waals surface area contributed by atoms with Crippen molar-refractivity contribution in [3.63, 3.8) is 0 Å². The SMILES string of the molecule is CCc1ccc(/C=N/NC(=O)c2ccccc2OCCOc2ccccc2)cc1. The lowest BCUT2D eigenvalue weighted by atomic mass is 10.1. The quantitative estimate of drug-likeness (QED) is 0.334. The molecule has 0 aliphatic carbocycles. The van der Waals surface area contributed by atoms with Gasteiger partial charge in [-0.2, -0.15) is 5.10 Å². The van der Waals surface area contributed by atoms with E-state index in [1.54, 1.807) is 24.4 Å². The average molecular weight is 388 g/mol. The molecule has 0 atom stereocenters. The molecule has 0 saturated carbocycles. The number of carbonyl (C=O) groups is 1. The van der Waals surface area contributed by atoms with E-state index in [1.165, 1.54) is 5.56 Å². The van der Waals surface area contributed by atoms with Crippen LogP contribution in [-0.4, -0.2) is 25.3 Å². The van der Waals surface area contributed by atoms with Crippen molar-refractivity contribution in [1.29, 1.82) is 0 Å². The number of nitrogens with zero attached hydrogens (tertiary/aromatic N) is 1. The summed E-state index contributed by atoms with van der Waals surface area (Å²) in [5.41, 5.74) is 5.15. The third-order valence-corrected chi connectivity index (χ3v) is 4.25. The predicted octanol–water partition coefficient (Wildman–Crippen LogP) is 4.47. The highest BCUT2D eigenvalue weighted by atomic mass is 16.5. The lowest BCUT2D eigenvalue weighted by Gasteiger charge is -2.11. The molecular formula is C24H24N2O3. The summed E-state index contributed by atoms with van der Waals surface area (Å²) in [6, 6.07) is 24.6. The van der Waals surface area contributed by atoms with Gasteiger partial charge in [0.2, 0.25) is 0 Å². The van der Waals surface area contributed by atoms with E-state index >= 15 is 0 Å². The van der Waals surface area contributed by atoms with Crippen LogP contribution in [0.15, 0.2) is 84.0 Å². The van der Waals surface area contributed by atoms with Crippen molar-refractivity contribution in [2.24, 2.45) is 5.10 Å². The van der Waals surface area contributed by atoms with Gasteiger partial charge in [-0.25, -0.2) is 5.43 Å². The summed E-state index contributed by atoms with van der Waals surface area (Å²) >= 11 is 0. The number of ether oxygens (including phenoxy) is 2. The maximum Gasteiger partial charge on any atom is 0.275 e. The minimum absolute atomic E-state index is 0.326. The molecule has 148 valence electrons. The second kappa shape index (κ2) is 10.7. The number of nitrogens with one attached hydrogen (secondary N) is 1. The maximum absolute atomic E-state index is 12.5. The first-order valence-corrected chi connectivity index (χ1v) is 9.58. The monoisotopic (exact) mass is 388 g/mol. The molecule has 0 aliphatic rings. The minimum Gasteiger partial charge on any atom is -0.490 e. The molecule has 0 unspecified atom stereocenters. The number of benzene rings is 3. The first-order chi connectivity index (χ1) is 14.3. The molecule has 0 bridgehead atoms. The fraction of sp³-hybridized carbons (Fsp3) is 0.167. The Kier molecular flexibility index (Phi) is 7.41. The Balaban J connectivity index is 1.52. The molecule has 5 heteroatoms. The van der Waals surface area contributed by atoms with Crippen LogP contribution in [0.5, 0.6) is 11.5 Å². The van der Waals surface area contributed by atoms with Crippen molar-refractivity contribution in [2.75, 3.05) is 13.2 Å². The van der Waals surface area contributed by atoms with Crippen molar-refractivity contribution in [3.8, 4) is 11.5 Å². The van der Waals surface area contributed by atoms with Gasteiger partial charge in [0.25, 0.3) is 5.91 Å². The maximum atomic E-state index is 12.5. The van der Waals surface area contributed by atoms with E-state index in [9.17, 15) is 4.79 Å². The fourth-order valence-electron chi connectivity index (χ4n) is 2.67. The smallest absolute Gasteiger partial charge is 0.275 e. The molecule has 0 radical (unpaired) electrons. The highest BCUT2D eigenvalue weighted by Crippen LogP contribution is 2.18. The second-order valence-corrected chi connectivity index (χ2v) is 6.30. The van der Waals surface area contributed by atoms with E-state index in [2.05, 4.69) is 17.5 Å². The number of rotatable bonds is 9. The van der Waals surface area contributed by atoms with Crippen LogP contribution >= 0.6 is 0 Å². The number of hydrazone groups is 1. The van der Waals surface area contributed by atoms with Crippen LogP contribution in [0.2, 0.25) is 0 Å². The number of aryl methyl sites for hydroxylation is 1. The number of carbonyl (C=O) groups excluding carboxylic acids is 1. The van der Waals surface area contributed by atoms with Gasteiger partial charge >= 0.3 is 0 Å². The number of amides is 1. The molecule has 0 spiro atoms. The molecule has 0 aromatic heterocycles. The van der Waals surface area contributed by atoms with Gasteiger partial charge in [0.05, 0.1) is 11.8 Å². The zero-order valence-corrected chi connectivity index (χ0v) is 16.4. The lowest BCUT2D eigenvalue weighted by Crippen LogP contribution is -2.19. The Labute approximate surface area is 171 Å². The van der Waals surface area contributed by atoms with E-state index in [0.717, 1.165) is 17.7 Å². The normalized spacial score (nSPS) is 10.7. The predicted molar refractivity (Wildman–Crippen MR) is 115 cm³/mol. The van der Waals surface area contributed by atoms with Gasteiger partial charge in [0, 0.05) is 0 Å². The van der Waals surface area contributed by atoms with Crippen molar-refractivity contribution < 1.29 is 14.3 Å². The Morgan fingerprint density at radius 3 is 2.34 bits per heavy atom. The van der Waals surface area contributed by atoms with Crippen LogP contribution in [-0.2, 0) is 6.42 Å². The van der Waals surface area contributed by atoms with Crippen molar-refractivity contribution in [1.82, 2.24) is 5.43 Å². The Morgan fingerprint density at radius 2 is 1.59 bits per heavy atom. The van der Waals surface area contributed by atoms with Crippen LogP contribution in [0.3, 0.4) is 0 Å². The van der Waals surface area contributed by atoms with Crippen molar-refractivity contribution in [3.05, 3.63) is 95.6 Å². The number of hydrogen-bond acceptors (Lipinski definition) is 4. The van der Waals surface area contributed by atoms with Gasteiger partial charge in [-0.1, -0.05) is 61.5 Å². The Bertz CT molecular complexity index is 938. The molecule has 3 rings (SSSR count). The summed E-state index contributed by atoms with van der Waals surface area (Å²) < 4.78 is 11.3. The molecule has 0 fully saturated rings. The van der Waals surface area contributed by atoms with E-state index in [4.69, 9.17) is 9.47 Å². The summed E-state index contributed by atoms with van der Waals surface area (Å²) in [6.07, 6.45) is 2.61. The first kappa shape index (κ1) is 20.1. The van der Waals surface area contributed by atoms with Crippen molar-refractivity contribution in [2.45, 2.75) is 13.3 Å². The second-order valence-electron chi connectivity index (χ2n) is 6.30. The standard InChI is InChI=1S/C24H24N2O3/c1-2-19-12-14-20(15-13-19)18-25-26-24(27)22-10-6-7-11-23(22)29-17-16-28-21-8-4-3-5-9-21/h3-15,18H,2,16-17H2,1H3,(H,26,27)/b25-18+. The highest BCUT2D eigenvalue weighted by molar-refractivity contribution is 5.97. The molecule has 0 saturated heterocycles. The van der Waals surface area contributed by atoms with Gasteiger partial charge in [-0.05, 0) is 41.8 Å². The summed E-state index contributed by atoms with van der Waals surface area (Å²) in [7, 11) is 0. The summed E-state index contributed by atoms with van der Waals surface area (Å²) in [5.74, 6) is 0.943. The van der Waals surface area contributed by atoms with Crippen molar-refractivity contribution >= 4 is 12.1 Å². The molecule has 29 heavy (non-hydrogen) atoms. The number of para-hydroxylation sites is 2. The van der Waals surface area contributed by atoms with E-state index in [-0.39, 0.29) is 5.91 Å². The van der Waals surface area contributed by atoms with E-state index in [1.807, 2.05) is 60.7 Å². The number of hydrogen-bond donors (Lipinski definition) is 1. The molecule has 0 heterocycles. The molecule has 1 N–H and O–H groups in total. The Morgan fingerprint density at radius 1 is 0.897 bits per heavy atom. The molecule has 3 aromatic carbocycles. The van der Waals surface area contributed by atoms with E-state index in [0.29, 0.717) is 24.5 Å². The summed E-state index contributed by atoms with van der Waals surface area (Å²) in [4.78, 5) is 12.5. The molecule has 0 aliphatic heterocycles. The van der Waals surface area contributed by atoms with Gasteiger partial charge in [-0.15, -0.1) is 0 Å². The topological polar surface area (TPSA) is 59.9 Å². The average Bonchev–Trinajstić information content (AvgIpc) is 2.78. The lowest BCUT2D eigenvalue weighted by molar-refractivity contribution is 0.0950. The van der Waals surface area contributed by atoms with Gasteiger partial charge in [0.15, 0.2) is 0 Å². The van der Waals surface area contributed by atoms with Crippen LogP contribution in [0.1, 0.15) is 28.4 Å². The van der Waals surface area contributed by atoms with Crippen LogP contribution in [0, 0.1) is 0 Å². The first-order valence-electron chi connectivity index (χ1n) is 9.58. The summed E-state index contributed by atoms with van der Waals surface area (Å²) in [6.45, 7) is 2.81. The fourth-order valence-corrected chi connectivity index (χ4v) is 2.67. The third kappa shape index (κ3) is 6.21. The van der Waals surface area contributed by atoms with Crippen LogP contribution in [0.25, 0.3) is 0 Å².